The SMILES string of the molecule is CCCCCCCCCCCCNC(=O)C1=NC=CN(c2ccn([C@@H]3O[C@H](CO)[C@@H](O)C3(F)F)c(=O)n2)C1C(N)=O. The molecule has 0 saturated carbocycles. The first-order valence-electron chi connectivity index (χ1n) is 14.1. The molecule has 2 amide bonds. The molecule has 0 aliphatic carbocycles. The Hall–Kier alpha value is -3.23. The molecule has 1 unspecified atom stereocenters. The standard InChI is InChI=1S/C27H40F2N6O6/c1-2-3-4-5-6-7-8-9-10-11-13-32-24(39)20-21(23(30)38)34(16-14-31-20)19-12-15-35(26(40)33-19)25-27(28,29)22(37)18(17-36)41-25/h12,14-16,18,21-22,25,36-37H,2-11,13,17H2,1H3,(H2,30,38)(H,32,39)/t18-,21?,22-,25-/m1/s1. The molecule has 14 heteroatoms. The number of unbranched alkanes of at least 4 members (excludes halogenated alkanes) is 9. The summed E-state index contributed by atoms with van der Waals surface area (Å²) in [6, 6.07) is -0.245. The Labute approximate surface area is 237 Å². The van der Waals surface area contributed by atoms with Crippen LogP contribution in [0, 0.1) is 0 Å². The topological polar surface area (TPSA) is 172 Å². The Morgan fingerprint density at radius 3 is 2.32 bits per heavy atom. The van der Waals surface area contributed by atoms with Crippen molar-refractivity contribution in [1.29, 1.82) is 0 Å². The van der Waals surface area contributed by atoms with Crippen LogP contribution in [0.15, 0.2) is 34.5 Å². The number of halogens is 2. The Kier molecular flexibility index (Phi) is 11.9. The quantitative estimate of drug-likeness (QED) is 0.213. The van der Waals surface area contributed by atoms with E-state index >= 15 is 0 Å². The maximum atomic E-state index is 14.5. The second kappa shape index (κ2) is 15.1. The van der Waals surface area contributed by atoms with E-state index in [1.54, 1.807) is 0 Å². The van der Waals surface area contributed by atoms with Crippen LogP contribution in [0.25, 0.3) is 0 Å². The Morgan fingerprint density at radius 1 is 1.12 bits per heavy atom. The third kappa shape index (κ3) is 7.95. The summed E-state index contributed by atoms with van der Waals surface area (Å²) in [5.41, 5.74) is 4.20. The molecule has 3 rings (SSSR count). The van der Waals surface area contributed by atoms with Gasteiger partial charge in [-0.3, -0.25) is 19.1 Å². The van der Waals surface area contributed by atoms with Crippen LogP contribution < -0.4 is 21.6 Å². The number of aliphatic hydroxyl groups excluding tert-OH is 2. The van der Waals surface area contributed by atoms with Crippen LogP contribution >= 0.6 is 0 Å². The zero-order valence-corrected chi connectivity index (χ0v) is 23.3. The number of nitrogens with one attached hydrogen (secondary N) is 1. The molecule has 228 valence electrons. The fourth-order valence-corrected chi connectivity index (χ4v) is 4.89. The monoisotopic (exact) mass is 582 g/mol. The van der Waals surface area contributed by atoms with E-state index in [2.05, 4.69) is 22.2 Å². The number of hydrogen-bond donors (Lipinski definition) is 4. The van der Waals surface area contributed by atoms with Gasteiger partial charge in [0.2, 0.25) is 12.1 Å². The number of carbonyl (C=O) groups excluding carboxylic acids is 2. The van der Waals surface area contributed by atoms with Gasteiger partial charge in [-0.2, -0.15) is 13.8 Å². The number of aliphatic imine (C=N–C) groups is 1. The average Bonchev–Trinajstić information content (AvgIpc) is 3.18. The number of ether oxygens (including phenoxy) is 1. The Morgan fingerprint density at radius 2 is 1.76 bits per heavy atom. The van der Waals surface area contributed by atoms with Crippen molar-refractivity contribution in [3.05, 3.63) is 35.1 Å². The van der Waals surface area contributed by atoms with Gasteiger partial charge in [-0.05, 0) is 12.5 Å². The first-order valence-corrected chi connectivity index (χ1v) is 14.1. The number of amides is 2. The van der Waals surface area contributed by atoms with E-state index in [1.165, 1.54) is 50.9 Å². The Balaban J connectivity index is 1.58. The minimum absolute atomic E-state index is 0.151. The van der Waals surface area contributed by atoms with Crippen molar-refractivity contribution in [3.8, 4) is 0 Å². The molecular weight excluding hydrogens is 542 g/mol. The first-order chi connectivity index (χ1) is 19.6. The van der Waals surface area contributed by atoms with Crippen molar-refractivity contribution in [2.24, 2.45) is 10.7 Å². The summed E-state index contributed by atoms with van der Waals surface area (Å²) in [4.78, 5) is 46.9. The predicted octanol–water partition coefficient (Wildman–Crippen LogP) is 1.75. The van der Waals surface area contributed by atoms with E-state index in [0.29, 0.717) is 11.1 Å². The summed E-state index contributed by atoms with van der Waals surface area (Å²) in [5, 5.41) is 21.7. The van der Waals surface area contributed by atoms with Crippen molar-refractivity contribution in [2.45, 2.75) is 102 Å². The van der Waals surface area contributed by atoms with Crippen molar-refractivity contribution >= 4 is 23.3 Å². The zero-order valence-electron chi connectivity index (χ0n) is 23.3. The van der Waals surface area contributed by atoms with E-state index < -0.39 is 54.5 Å². The third-order valence-electron chi connectivity index (χ3n) is 7.19. The molecule has 0 spiro atoms. The second-order valence-corrected chi connectivity index (χ2v) is 10.3. The molecule has 5 N–H and O–H groups in total. The number of nitrogens with two attached hydrogens (primary N) is 1. The van der Waals surface area contributed by atoms with Crippen LogP contribution in [-0.4, -0.2) is 74.6 Å². The number of rotatable bonds is 16. The normalized spacial score (nSPS) is 23.4. The predicted molar refractivity (Wildman–Crippen MR) is 147 cm³/mol. The van der Waals surface area contributed by atoms with Gasteiger partial charge in [0, 0.05) is 25.1 Å². The summed E-state index contributed by atoms with van der Waals surface area (Å²) < 4.78 is 34.5. The number of primary amides is 1. The highest BCUT2D eigenvalue weighted by Gasteiger charge is 2.59. The smallest absolute Gasteiger partial charge is 0.351 e. The lowest BCUT2D eigenvalue weighted by Gasteiger charge is -2.30. The molecule has 2 aliphatic heterocycles. The molecule has 2 aliphatic rings. The third-order valence-corrected chi connectivity index (χ3v) is 7.19. The van der Waals surface area contributed by atoms with Gasteiger partial charge in [0.05, 0.1) is 6.61 Å². The minimum atomic E-state index is -3.88. The molecular formula is C27H40F2N6O6. The maximum Gasteiger partial charge on any atom is 0.351 e. The lowest BCUT2D eigenvalue weighted by molar-refractivity contribution is -0.140. The summed E-state index contributed by atoms with van der Waals surface area (Å²) in [5.74, 6) is -5.57. The van der Waals surface area contributed by atoms with Crippen LogP contribution in [0.4, 0.5) is 14.6 Å². The summed E-state index contributed by atoms with van der Waals surface area (Å²) >= 11 is 0. The van der Waals surface area contributed by atoms with Gasteiger partial charge in [-0.25, -0.2) is 4.79 Å². The van der Waals surface area contributed by atoms with Crippen LogP contribution in [0.5, 0.6) is 0 Å². The average molecular weight is 583 g/mol. The van der Waals surface area contributed by atoms with E-state index in [9.17, 15) is 33.4 Å². The van der Waals surface area contributed by atoms with Crippen LogP contribution in [0.2, 0.25) is 0 Å². The fourth-order valence-electron chi connectivity index (χ4n) is 4.89. The number of nitrogens with zero attached hydrogens (tertiary/aromatic N) is 4. The fraction of sp³-hybridized carbons (Fsp3) is 0.667. The summed E-state index contributed by atoms with van der Waals surface area (Å²) in [7, 11) is 0. The molecule has 0 radical (unpaired) electrons. The Bertz CT molecular complexity index is 1160. The largest absolute Gasteiger partial charge is 0.394 e. The van der Waals surface area contributed by atoms with Gasteiger partial charge >= 0.3 is 11.6 Å². The second-order valence-electron chi connectivity index (χ2n) is 10.3. The van der Waals surface area contributed by atoms with Crippen molar-refractivity contribution in [3.63, 3.8) is 0 Å². The lowest BCUT2D eigenvalue weighted by atomic mass is 10.1. The van der Waals surface area contributed by atoms with Gasteiger partial charge in [-0.1, -0.05) is 64.7 Å². The van der Waals surface area contributed by atoms with Gasteiger partial charge in [-0.15, -0.1) is 0 Å². The van der Waals surface area contributed by atoms with E-state index in [0.717, 1.165) is 42.8 Å². The number of alkyl halides is 2. The lowest BCUT2D eigenvalue weighted by Crippen LogP contribution is -2.54. The van der Waals surface area contributed by atoms with Gasteiger partial charge in [0.1, 0.15) is 17.6 Å². The van der Waals surface area contributed by atoms with Gasteiger partial charge < -0.3 is 30.9 Å². The number of aromatic nitrogens is 2. The number of carbonyl (C=O) groups is 2. The first kappa shape index (κ1) is 32.3. The van der Waals surface area contributed by atoms with Crippen LogP contribution in [0.3, 0.4) is 0 Å². The molecule has 4 atom stereocenters. The number of aliphatic hydroxyl groups is 2. The van der Waals surface area contributed by atoms with Crippen LogP contribution in [-0.2, 0) is 14.3 Å². The zero-order chi connectivity index (χ0) is 30.0. The molecule has 1 aromatic rings. The summed E-state index contributed by atoms with van der Waals surface area (Å²) in [6.45, 7) is 1.70. The van der Waals surface area contributed by atoms with Crippen molar-refractivity contribution in [2.75, 3.05) is 18.1 Å². The molecule has 1 saturated heterocycles. The van der Waals surface area contributed by atoms with E-state index in [4.69, 9.17) is 10.5 Å². The molecule has 0 aromatic carbocycles. The van der Waals surface area contributed by atoms with Crippen molar-refractivity contribution < 1.29 is 33.3 Å². The van der Waals surface area contributed by atoms with Crippen molar-refractivity contribution in [1.82, 2.24) is 14.9 Å². The van der Waals surface area contributed by atoms with E-state index in [1.807, 2.05) is 0 Å². The molecule has 41 heavy (non-hydrogen) atoms. The summed E-state index contributed by atoms with van der Waals surface area (Å²) in [6.07, 6.45) is 8.80. The highest BCUT2D eigenvalue weighted by molar-refractivity contribution is 6.45. The molecule has 12 nitrogen and oxygen atoms in total. The number of hydrogen-bond acceptors (Lipinski definition) is 9. The van der Waals surface area contributed by atoms with Gasteiger partial charge in [0.15, 0.2) is 12.1 Å². The minimum Gasteiger partial charge on any atom is -0.394 e. The highest BCUT2D eigenvalue weighted by Crippen LogP contribution is 2.42. The molecule has 1 aromatic heterocycles. The molecule has 3 heterocycles. The highest BCUT2D eigenvalue weighted by atomic mass is 19.3. The number of anilines is 1. The molecule has 0 bridgehead atoms. The van der Waals surface area contributed by atoms with Gasteiger partial charge in [0.25, 0.3) is 5.91 Å². The molecule has 1 fully saturated rings. The van der Waals surface area contributed by atoms with E-state index in [-0.39, 0.29) is 11.5 Å². The maximum absolute atomic E-state index is 14.5. The van der Waals surface area contributed by atoms with Crippen LogP contribution in [0.1, 0.15) is 77.4 Å².